The monoisotopic (exact) mass is 242 g/mol. The van der Waals surface area contributed by atoms with Crippen molar-refractivity contribution >= 4 is 11.3 Å². The van der Waals surface area contributed by atoms with Crippen molar-refractivity contribution in [2.45, 2.75) is 51.7 Å². The SMILES string of the molecule is COC(C)(C)CCC(N)Cc1csc(C)n1. The molecule has 1 unspecified atom stereocenters. The van der Waals surface area contributed by atoms with E-state index in [0.29, 0.717) is 0 Å². The lowest BCUT2D eigenvalue weighted by atomic mass is 9.97. The number of ether oxygens (including phenoxy) is 1. The number of aromatic nitrogens is 1. The Morgan fingerprint density at radius 2 is 2.25 bits per heavy atom. The fourth-order valence-corrected chi connectivity index (χ4v) is 2.13. The van der Waals surface area contributed by atoms with Gasteiger partial charge in [-0.2, -0.15) is 0 Å². The molecule has 0 bridgehead atoms. The van der Waals surface area contributed by atoms with Crippen molar-refractivity contribution in [3.63, 3.8) is 0 Å². The van der Waals surface area contributed by atoms with Crippen LogP contribution in [0.3, 0.4) is 0 Å². The van der Waals surface area contributed by atoms with Crippen molar-refractivity contribution in [1.82, 2.24) is 4.98 Å². The van der Waals surface area contributed by atoms with E-state index in [0.717, 1.165) is 30.0 Å². The number of hydrogen-bond acceptors (Lipinski definition) is 4. The number of aryl methyl sites for hydroxylation is 1. The molecule has 0 spiro atoms. The number of nitrogens with zero attached hydrogens (tertiary/aromatic N) is 1. The summed E-state index contributed by atoms with van der Waals surface area (Å²) >= 11 is 1.68. The van der Waals surface area contributed by atoms with Crippen molar-refractivity contribution in [3.05, 3.63) is 16.1 Å². The fraction of sp³-hybridized carbons (Fsp3) is 0.750. The molecule has 0 amide bonds. The molecule has 0 saturated heterocycles. The summed E-state index contributed by atoms with van der Waals surface area (Å²) in [4.78, 5) is 4.42. The van der Waals surface area contributed by atoms with Gasteiger partial charge in [0.1, 0.15) is 0 Å². The summed E-state index contributed by atoms with van der Waals surface area (Å²) in [6.45, 7) is 6.20. The van der Waals surface area contributed by atoms with Crippen LogP contribution in [-0.2, 0) is 11.2 Å². The van der Waals surface area contributed by atoms with Crippen LogP contribution in [0.25, 0.3) is 0 Å². The minimum Gasteiger partial charge on any atom is -0.379 e. The molecule has 1 heterocycles. The van der Waals surface area contributed by atoms with Gasteiger partial charge < -0.3 is 10.5 Å². The molecule has 0 aromatic carbocycles. The van der Waals surface area contributed by atoms with Crippen molar-refractivity contribution in [2.75, 3.05) is 7.11 Å². The zero-order valence-corrected chi connectivity index (χ0v) is 11.4. The predicted molar refractivity (Wildman–Crippen MR) is 68.9 cm³/mol. The lowest BCUT2D eigenvalue weighted by Gasteiger charge is -2.24. The first-order valence-electron chi connectivity index (χ1n) is 5.65. The summed E-state index contributed by atoms with van der Waals surface area (Å²) < 4.78 is 5.37. The van der Waals surface area contributed by atoms with E-state index in [9.17, 15) is 0 Å². The highest BCUT2D eigenvalue weighted by atomic mass is 32.1. The Morgan fingerprint density at radius 1 is 1.56 bits per heavy atom. The average molecular weight is 242 g/mol. The summed E-state index contributed by atoms with van der Waals surface area (Å²) in [6, 6.07) is 0.177. The Bertz CT molecular complexity index is 323. The third-order valence-corrected chi connectivity index (χ3v) is 3.63. The topological polar surface area (TPSA) is 48.1 Å². The van der Waals surface area contributed by atoms with E-state index in [-0.39, 0.29) is 11.6 Å². The average Bonchev–Trinajstić information content (AvgIpc) is 2.61. The van der Waals surface area contributed by atoms with Gasteiger partial charge in [0.15, 0.2) is 0 Å². The molecule has 1 rings (SSSR count). The standard InChI is InChI=1S/C12H22N2OS/c1-9-14-11(8-16-9)7-10(13)5-6-12(2,3)15-4/h8,10H,5-7,13H2,1-4H3. The normalized spacial score (nSPS) is 14.1. The first kappa shape index (κ1) is 13.6. The summed E-state index contributed by atoms with van der Waals surface area (Å²) in [5.74, 6) is 0. The van der Waals surface area contributed by atoms with E-state index in [4.69, 9.17) is 10.5 Å². The number of thiazole rings is 1. The number of hydrogen-bond donors (Lipinski definition) is 1. The molecule has 1 aromatic heterocycles. The zero-order chi connectivity index (χ0) is 12.2. The Morgan fingerprint density at radius 3 is 2.75 bits per heavy atom. The Hall–Kier alpha value is -0.450. The smallest absolute Gasteiger partial charge is 0.0897 e. The largest absolute Gasteiger partial charge is 0.379 e. The molecule has 0 saturated carbocycles. The highest BCUT2D eigenvalue weighted by Gasteiger charge is 2.18. The first-order valence-corrected chi connectivity index (χ1v) is 6.52. The number of methoxy groups -OCH3 is 1. The molecule has 0 aliphatic carbocycles. The Kier molecular flexibility index (Phi) is 4.89. The Labute approximate surface area is 102 Å². The maximum atomic E-state index is 6.09. The van der Waals surface area contributed by atoms with Crippen molar-refractivity contribution < 1.29 is 4.74 Å². The van der Waals surface area contributed by atoms with Gasteiger partial charge in [0, 0.05) is 25.0 Å². The highest BCUT2D eigenvalue weighted by Crippen LogP contribution is 2.18. The van der Waals surface area contributed by atoms with Crippen LogP contribution in [0.4, 0.5) is 0 Å². The fourth-order valence-electron chi connectivity index (χ4n) is 1.51. The van der Waals surface area contributed by atoms with Crippen LogP contribution in [-0.4, -0.2) is 23.7 Å². The van der Waals surface area contributed by atoms with Gasteiger partial charge in [-0.1, -0.05) is 0 Å². The zero-order valence-electron chi connectivity index (χ0n) is 10.6. The van der Waals surface area contributed by atoms with E-state index in [1.54, 1.807) is 18.4 Å². The van der Waals surface area contributed by atoms with Crippen LogP contribution in [0.15, 0.2) is 5.38 Å². The molecular weight excluding hydrogens is 220 g/mol. The van der Waals surface area contributed by atoms with Gasteiger partial charge in [0.05, 0.1) is 16.3 Å². The molecule has 16 heavy (non-hydrogen) atoms. The molecule has 0 radical (unpaired) electrons. The molecule has 92 valence electrons. The lowest BCUT2D eigenvalue weighted by molar-refractivity contribution is 0.0125. The molecule has 2 N–H and O–H groups in total. The van der Waals surface area contributed by atoms with E-state index >= 15 is 0 Å². The molecule has 4 heteroatoms. The van der Waals surface area contributed by atoms with Gasteiger partial charge in [-0.05, 0) is 33.6 Å². The van der Waals surface area contributed by atoms with Gasteiger partial charge in [-0.3, -0.25) is 0 Å². The maximum absolute atomic E-state index is 6.09. The molecule has 1 aromatic rings. The van der Waals surface area contributed by atoms with Crippen LogP contribution in [0.1, 0.15) is 37.4 Å². The quantitative estimate of drug-likeness (QED) is 0.834. The van der Waals surface area contributed by atoms with E-state index in [1.165, 1.54) is 0 Å². The lowest BCUT2D eigenvalue weighted by Crippen LogP contribution is -2.29. The predicted octanol–water partition coefficient (Wildman–Crippen LogP) is 2.53. The summed E-state index contributed by atoms with van der Waals surface area (Å²) in [7, 11) is 1.75. The number of nitrogens with two attached hydrogens (primary N) is 1. The molecule has 1 atom stereocenters. The molecular formula is C12H22N2OS. The van der Waals surface area contributed by atoms with E-state index < -0.39 is 0 Å². The Balaban J connectivity index is 2.34. The van der Waals surface area contributed by atoms with Crippen LogP contribution in [0, 0.1) is 6.92 Å². The van der Waals surface area contributed by atoms with Gasteiger partial charge in [-0.15, -0.1) is 11.3 Å². The van der Waals surface area contributed by atoms with Crippen LogP contribution in [0.2, 0.25) is 0 Å². The van der Waals surface area contributed by atoms with Crippen molar-refractivity contribution in [3.8, 4) is 0 Å². The minimum atomic E-state index is -0.0738. The number of rotatable bonds is 6. The summed E-state index contributed by atoms with van der Waals surface area (Å²) in [5.41, 5.74) is 7.13. The van der Waals surface area contributed by atoms with E-state index in [1.807, 2.05) is 6.92 Å². The van der Waals surface area contributed by atoms with Crippen molar-refractivity contribution in [2.24, 2.45) is 5.73 Å². The summed E-state index contributed by atoms with van der Waals surface area (Å²) in [6.07, 6.45) is 2.81. The summed E-state index contributed by atoms with van der Waals surface area (Å²) in [5, 5.41) is 3.20. The molecule has 0 aliphatic rings. The second-order valence-corrected chi connectivity index (χ2v) is 5.89. The minimum absolute atomic E-state index is 0.0738. The van der Waals surface area contributed by atoms with Crippen molar-refractivity contribution in [1.29, 1.82) is 0 Å². The maximum Gasteiger partial charge on any atom is 0.0897 e. The molecule has 0 aliphatic heterocycles. The highest BCUT2D eigenvalue weighted by molar-refractivity contribution is 7.09. The van der Waals surface area contributed by atoms with Gasteiger partial charge in [0.2, 0.25) is 0 Å². The second kappa shape index (κ2) is 5.75. The van der Waals surface area contributed by atoms with Gasteiger partial charge in [-0.25, -0.2) is 4.98 Å². The first-order chi connectivity index (χ1) is 7.43. The van der Waals surface area contributed by atoms with Gasteiger partial charge in [0.25, 0.3) is 0 Å². The van der Waals surface area contributed by atoms with Gasteiger partial charge >= 0.3 is 0 Å². The van der Waals surface area contributed by atoms with Crippen LogP contribution < -0.4 is 5.73 Å². The molecule has 0 fully saturated rings. The van der Waals surface area contributed by atoms with Crippen LogP contribution in [0.5, 0.6) is 0 Å². The third kappa shape index (κ3) is 4.60. The van der Waals surface area contributed by atoms with Crippen LogP contribution >= 0.6 is 11.3 Å². The van der Waals surface area contributed by atoms with E-state index in [2.05, 4.69) is 24.2 Å². The second-order valence-electron chi connectivity index (χ2n) is 4.82. The third-order valence-electron chi connectivity index (χ3n) is 2.81. The molecule has 3 nitrogen and oxygen atoms in total.